The first-order valence-corrected chi connectivity index (χ1v) is 11.7. The van der Waals surface area contributed by atoms with E-state index < -0.39 is 12.0 Å². The largest absolute Gasteiger partial charge is 0.340 e. The number of aromatic nitrogens is 2. The van der Waals surface area contributed by atoms with Crippen LogP contribution in [0.1, 0.15) is 28.7 Å². The minimum absolute atomic E-state index is 0.0941. The van der Waals surface area contributed by atoms with E-state index in [0.717, 1.165) is 11.3 Å². The summed E-state index contributed by atoms with van der Waals surface area (Å²) in [7, 11) is 1.75. The van der Waals surface area contributed by atoms with Crippen LogP contribution in [0.4, 0.5) is 19.3 Å². The molecular weight excluding hydrogens is 498 g/mol. The quantitative estimate of drug-likeness (QED) is 0.629. The number of nitrogens with zero attached hydrogens (tertiary/aromatic N) is 4. The summed E-state index contributed by atoms with van der Waals surface area (Å²) < 4.78 is 28.6. The number of carbonyl (C=O) groups excluding carboxylic acids is 2. The number of fused-ring (bicyclic) bond motifs is 3. The van der Waals surface area contributed by atoms with Gasteiger partial charge < -0.3 is 20.4 Å². The molecule has 0 aliphatic carbocycles. The number of amides is 3. The lowest BCUT2D eigenvalue weighted by Crippen LogP contribution is -2.40. The van der Waals surface area contributed by atoms with Crippen LogP contribution in [0.5, 0.6) is 0 Å². The summed E-state index contributed by atoms with van der Waals surface area (Å²) in [5.41, 5.74) is 2.57. The van der Waals surface area contributed by atoms with Crippen LogP contribution in [0.25, 0.3) is 0 Å². The van der Waals surface area contributed by atoms with E-state index in [9.17, 15) is 18.4 Å². The third kappa shape index (κ3) is 5.19. The van der Waals surface area contributed by atoms with Crippen molar-refractivity contribution in [3.63, 3.8) is 0 Å². The lowest BCUT2D eigenvalue weighted by Gasteiger charge is -2.27. The Kier molecular flexibility index (Phi) is 6.99. The molecule has 2 atom stereocenters. The molecule has 3 heterocycles. The third-order valence-electron chi connectivity index (χ3n) is 5.93. The summed E-state index contributed by atoms with van der Waals surface area (Å²) in [6.07, 6.45) is -0.398. The molecule has 1 unspecified atom stereocenters. The average Bonchev–Trinajstić information content (AvgIpc) is 3.06. The van der Waals surface area contributed by atoms with Gasteiger partial charge in [-0.1, -0.05) is 0 Å². The van der Waals surface area contributed by atoms with Gasteiger partial charge in [0.1, 0.15) is 17.7 Å². The molecule has 0 saturated carbocycles. The first-order valence-electron chi connectivity index (χ1n) is 10.9. The van der Waals surface area contributed by atoms with E-state index in [4.69, 9.17) is 0 Å². The number of anilines is 1. The van der Waals surface area contributed by atoms with E-state index in [1.54, 1.807) is 21.5 Å². The summed E-state index contributed by atoms with van der Waals surface area (Å²) in [5.74, 6) is -0.444. The van der Waals surface area contributed by atoms with Gasteiger partial charge in [0.05, 0.1) is 16.7 Å². The normalized spacial score (nSPS) is 19.1. The van der Waals surface area contributed by atoms with Gasteiger partial charge in [-0.25, -0.2) is 13.6 Å². The molecule has 1 aromatic heterocycles. The van der Waals surface area contributed by atoms with Crippen LogP contribution < -0.4 is 10.6 Å². The maximum atomic E-state index is 13.5. The molecule has 0 bridgehead atoms. The lowest BCUT2D eigenvalue weighted by molar-refractivity contribution is 0.0778. The Morgan fingerprint density at radius 2 is 2.15 bits per heavy atom. The first kappa shape index (κ1) is 23.6. The molecule has 3 amide bonds. The fourth-order valence-corrected chi connectivity index (χ4v) is 4.70. The molecular formula is C22H27BrF2N6O2. The van der Waals surface area contributed by atoms with Gasteiger partial charge in [0.2, 0.25) is 0 Å². The highest BCUT2D eigenvalue weighted by atomic mass is 79.9. The number of carbonyl (C=O) groups is 2. The van der Waals surface area contributed by atoms with Crippen molar-refractivity contribution in [2.75, 3.05) is 38.5 Å². The van der Waals surface area contributed by atoms with E-state index in [2.05, 4.69) is 31.7 Å². The van der Waals surface area contributed by atoms with Crippen LogP contribution in [0.15, 0.2) is 22.7 Å². The van der Waals surface area contributed by atoms with E-state index in [1.807, 2.05) is 0 Å². The van der Waals surface area contributed by atoms with Crippen molar-refractivity contribution in [3.8, 4) is 0 Å². The monoisotopic (exact) mass is 524 g/mol. The number of nitrogens with one attached hydrogen (secondary N) is 2. The third-order valence-corrected chi connectivity index (χ3v) is 6.54. The van der Waals surface area contributed by atoms with Gasteiger partial charge in [-0.2, -0.15) is 5.10 Å². The standard InChI is InChI=1S/C22H27BrF2N6O2/c1-13(24)8-26-9-14-10-29(2)21(32)20-16-12-30(6-5-19(16)28-31(20)11-14)22(33)27-15-3-4-18(25)17(23)7-15/h3-4,7,13-14,26H,5-6,8-12H2,1-2H3,(H,27,33)/t13?,14-/m0/s1. The summed E-state index contributed by atoms with van der Waals surface area (Å²) >= 11 is 3.12. The van der Waals surface area contributed by atoms with Crippen molar-refractivity contribution in [1.29, 1.82) is 0 Å². The lowest BCUT2D eigenvalue weighted by atomic mass is 10.0. The number of hydrogen-bond donors (Lipinski definition) is 2. The van der Waals surface area contributed by atoms with Gasteiger partial charge in [-0.3, -0.25) is 9.48 Å². The second kappa shape index (κ2) is 9.76. The second-order valence-electron chi connectivity index (χ2n) is 8.68. The van der Waals surface area contributed by atoms with Crippen LogP contribution in [-0.2, 0) is 19.5 Å². The van der Waals surface area contributed by atoms with E-state index >= 15 is 0 Å². The molecule has 2 aliphatic rings. The van der Waals surface area contributed by atoms with Gasteiger partial charge in [-0.05, 0) is 41.1 Å². The molecule has 4 rings (SSSR count). The van der Waals surface area contributed by atoms with Gasteiger partial charge >= 0.3 is 6.03 Å². The number of alkyl halides is 1. The zero-order valence-corrected chi connectivity index (χ0v) is 20.2. The van der Waals surface area contributed by atoms with Crippen LogP contribution in [0.3, 0.4) is 0 Å². The van der Waals surface area contributed by atoms with Crippen molar-refractivity contribution in [2.24, 2.45) is 5.92 Å². The summed E-state index contributed by atoms with van der Waals surface area (Å²) in [4.78, 5) is 29.3. The molecule has 0 radical (unpaired) electrons. The number of urea groups is 1. The predicted octanol–water partition coefficient (Wildman–Crippen LogP) is 3.02. The number of benzene rings is 1. The molecule has 1 aromatic carbocycles. The van der Waals surface area contributed by atoms with Crippen molar-refractivity contribution < 1.29 is 18.4 Å². The van der Waals surface area contributed by atoms with Crippen LogP contribution in [-0.4, -0.2) is 70.9 Å². The Bertz CT molecular complexity index is 1060. The number of halogens is 3. The SMILES string of the molecule is CC(F)CNC[C@H]1CN(C)C(=O)c2c3c(nn2C1)CCN(C(=O)Nc1ccc(F)c(Br)c1)C3. The molecule has 0 spiro atoms. The van der Waals surface area contributed by atoms with Crippen LogP contribution in [0.2, 0.25) is 0 Å². The molecule has 0 saturated heterocycles. The molecule has 8 nitrogen and oxygen atoms in total. The van der Waals surface area contributed by atoms with Gasteiger partial charge in [0.25, 0.3) is 5.91 Å². The Morgan fingerprint density at radius 1 is 1.36 bits per heavy atom. The Hall–Kier alpha value is -2.53. The number of rotatable bonds is 5. The fraction of sp³-hybridized carbons (Fsp3) is 0.500. The van der Waals surface area contributed by atoms with Crippen molar-refractivity contribution >= 4 is 33.6 Å². The smallest absolute Gasteiger partial charge is 0.322 e. The van der Waals surface area contributed by atoms with Crippen molar-refractivity contribution in [1.82, 2.24) is 24.9 Å². The Balaban J connectivity index is 1.50. The molecule has 11 heteroatoms. The summed E-state index contributed by atoms with van der Waals surface area (Å²) in [5, 5.41) is 10.6. The van der Waals surface area contributed by atoms with Crippen LogP contribution >= 0.6 is 15.9 Å². The summed E-state index contributed by atoms with van der Waals surface area (Å²) in [6.45, 7) is 4.16. The molecule has 33 heavy (non-hydrogen) atoms. The molecule has 0 fully saturated rings. The van der Waals surface area contributed by atoms with E-state index in [-0.39, 0.29) is 35.4 Å². The van der Waals surface area contributed by atoms with Gasteiger partial charge in [-0.15, -0.1) is 0 Å². The van der Waals surface area contributed by atoms with Crippen molar-refractivity contribution in [3.05, 3.63) is 45.4 Å². The van der Waals surface area contributed by atoms with Gasteiger partial charge in [0.15, 0.2) is 0 Å². The maximum absolute atomic E-state index is 13.5. The second-order valence-corrected chi connectivity index (χ2v) is 9.53. The highest BCUT2D eigenvalue weighted by molar-refractivity contribution is 9.10. The molecule has 2 aliphatic heterocycles. The van der Waals surface area contributed by atoms with Gasteiger partial charge in [0, 0.05) is 63.4 Å². The molecule has 178 valence electrons. The Morgan fingerprint density at radius 3 is 2.88 bits per heavy atom. The highest BCUT2D eigenvalue weighted by Crippen LogP contribution is 2.27. The van der Waals surface area contributed by atoms with E-state index in [0.29, 0.717) is 44.0 Å². The molecule has 2 N–H and O–H groups in total. The highest BCUT2D eigenvalue weighted by Gasteiger charge is 2.34. The zero-order valence-electron chi connectivity index (χ0n) is 18.6. The fourth-order valence-electron chi connectivity index (χ4n) is 4.32. The average molecular weight is 525 g/mol. The topological polar surface area (TPSA) is 82.5 Å². The van der Waals surface area contributed by atoms with E-state index in [1.165, 1.54) is 25.1 Å². The first-order chi connectivity index (χ1) is 15.7. The minimum Gasteiger partial charge on any atom is -0.340 e. The Labute approximate surface area is 199 Å². The minimum atomic E-state index is -0.934. The maximum Gasteiger partial charge on any atom is 0.322 e. The molecule has 2 aromatic rings. The number of hydrogen-bond acceptors (Lipinski definition) is 4. The summed E-state index contributed by atoms with van der Waals surface area (Å²) in [6, 6.07) is 3.95. The predicted molar refractivity (Wildman–Crippen MR) is 123 cm³/mol. The van der Waals surface area contributed by atoms with Crippen LogP contribution in [0, 0.1) is 11.7 Å². The van der Waals surface area contributed by atoms with Crippen molar-refractivity contribution in [2.45, 2.75) is 32.6 Å². The zero-order chi connectivity index (χ0) is 23.7.